The number of hydrogen-bond acceptors (Lipinski definition) is 6. The molecule has 0 atom stereocenters. The largest absolute Gasteiger partial charge is 0.455 e. The second kappa shape index (κ2) is 10.1. The minimum absolute atomic E-state index is 0.00988. The van der Waals surface area contributed by atoms with Gasteiger partial charge in [-0.2, -0.15) is 0 Å². The average Bonchev–Trinajstić information content (AvgIpc) is 3.14. The minimum Gasteiger partial charge on any atom is -0.455 e. The molecule has 0 radical (unpaired) electrons. The molecular weight excluding hydrogens is 381 g/mol. The van der Waals surface area contributed by atoms with Gasteiger partial charge in [0.1, 0.15) is 10.1 Å². The van der Waals surface area contributed by atoms with Gasteiger partial charge in [0.15, 0.2) is 6.61 Å². The maximum Gasteiger partial charge on any atom is 0.326 e. The van der Waals surface area contributed by atoms with Gasteiger partial charge in [-0.25, -0.2) is 9.18 Å². The normalized spacial score (nSPS) is 13.2. The van der Waals surface area contributed by atoms with E-state index in [0.29, 0.717) is 4.32 Å². The summed E-state index contributed by atoms with van der Waals surface area (Å²) < 4.78 is 18.8. The Labute approximate surface area is 159 Å². The molecule has 2 rings (SSSR count). The smallest absolute Gasteiger partial charge is 0.326 e. The quantitative estimate of drug-likeness (QED) is 0.579. The Morgan fingerprint density at radius 3 is 2.62 bits per heavy atom. The van der Waals surface area contributed by atoms with E-state index in [2.05, 4.69) is 5.32 Å². The molecule has 7 nitrogen and oxygen atoms in total. The molecule has 10 heteroatoms. The Bertz CT molecular complexity index is 696. The Morgan fingerprint density at radius 1 is 1.23 bits per heavy atom. The molecule has 0 bridgehead atoms. The molecule has 0 unspecified atom stereocenters. The molecular formula is C16H18FN3O4S2. The van der Waals surface area contributed by atoms with E-state index in [4.69, 9.17) is 17.0 Å². The topological polar surface area (TPSA) is 87.7 Å². The summed E-state index contributed by atoms with van der Waals surface area (Å²) in [6, 6.07) is 4.60. The number of likely N-dealkylation sites (tertiary alicyclic amines) is 1. The van der Waals surface area contributed by atoms with Crippen LogP contribution in [0.3, 0.4) is 0 Å². The molecule has 1 aromatic rings. The molecule has 0 spiro atoms. The second-order valence-corrected chi connectivity index (χ2v) is 7.00. The zero-order valence-corrected chi connectivity index (χ0v) is 15.5. The highest BCUT2D eigenvalue weighted by molar-refractivity contribution is 8.23. The molecule has 1 aliphatic heterocycles. The Hall–Kier alpha value is -2.20. The summed E-state index contributed by atoms with van der Waals surface area (Å²) in [5.41, 5.74) is -0.0679. The highest BCUT2D eigenvalue weighted by atomic mass is 32.2. The highest BCUT2D eigenvalue weighted by Gasteiger charge is 2.17. The first kappa shape index (κ1) is 20.1. The monoisotopic (exact) mass is 399 g/mol. The first-order chi connectivity index (χ1) is 12.5. The van der Waals surface area contributed by atoms with Gasteiger partial charge in [0.05, 0.1) is 11.4 Å². The Kier molecular flexibility index (Phi) is 7.79. The first-order valence-corrected chi connectivity index (χ1v) is 9.28. The van der Waals surface area contributed by atoms with Crippen LogP contribution >= 0.6 is 24.0 Å². The lowest BCUT2D eigenvalue weighted by molar-refractivity contribution is -0.145. The van der Waals surface area contributed by atoms with Crippen molar-refractivity contribution in [3.8, 4) is 0 Å². The number of ether oxygens (including phenoxy) is 1. The number of benzene rings is 1. The fraction of sp³-hybridized carbons (Fsp3) is 0.375. The van der Waals surface area contributed by atoms with Crippen LogP contribution in [0.2, 0.25) is 0 Å². The zero-order valence-electron chi connectivity index (χ0n) is 13.8. The number of esters is 1. The second-order valence-electron chi connectivity index (χ2n) is 5.39. The molecule has 0 aliphatic carbocycles. The van der Waals surface area contributed by atoms with Crippen molar-refractivity contribution in [3.05, 3.63) is 30.1 Å². The number of carbonyl (C=O) groups is 3. The summed E-state index contributed by atoms with van der Waals surface area (Å²) in [5, 5.41) is 4.13. The molecule has 1 aromatic carbocycles. The number of nitrogens with zero attached hydrogens (tertiary/aromatic N) is 1. The predicted molar refractivity (Wildman–Crippen MR) is 100 cm³/mol. The molecule has 0 saturated carbocycles. The van der Waals surface area contributed by atoms with Gasteiger partial charge in [-0.1, -0.05) is 36.1 Å². The maximum atomic E-state index is 13.4. The molecule has 140 valence electrons. The van der Waals surface area contributed by atoms with Crippen molar-refractivity contribution in [2.75, 3.05) is 30.8 Å². The van der Waals surface area contributed by atoms with E-state index >= 15 is 0 Å². The van der Waals surface area contributed by atoms with Gasteiger partial charge in [0, 0.05) is 13.1 Å². The number of halogens is 1. The highest BCUT2D eigenvalue weighted by Crippen LogP contribution is 2.16. The van der Waals surface area contributed by atoms with Crippen molar-refractivity contribution in [1.82, 2.24) is 10.2 Å². The summed E-state index contributed by atoms with van der Waals surface area (Å²) in [6.45, 7) is 1.17. The average molecular weight is 399 g/mol. The minimum atomic E-state index is -0.916. The third-order valence-corrected chi connectivity index (χ3v) is 4.91. The number of thiocarbonyl (C=S) groups is 1. The van der Waals surface area contributed by atoms with Crippen molar-refractivity contribution in [2.45, 2.75) is 12.8 Å². The summed E-state index contributed by atoms with van der Waals surface area (Å²) in [5.74, 6) is -2.07. The number of carbonyl (C=O) groups excluding carboxylic acids is 3. The van der Waals surface area contributed by atoms with Crippen LogP contribution in [-0.4, -0.2) is 52.6 Å². The third kappa shape index (κ3) is 6.60. The standard InChI is InChI=1S/C16H18FN3O4S2/c17-11-5-1-2-6-12(11)18-15(23)19-13(21)9-24-14(22)10-26-16(25)20-7-3-4-8-20/h1-2,5-6H,3-4,7-10H2,(H2,18,19,21,23). The SMILES string of the molecule is O=C(COC(=O)CSC(=S)N1CCCC1)NC(=O)Nc1ccccc1F. The number of para-hydroxylation sites is 1. The lowest BCUT2D eigenvalue weighted by Gasteiger charge is -2.17. The van der Waals surface area contributed by atoms with E-state index in [1.165, 1.54) is 36.0 Å². The van der Waals surface area contributed by atoms with Crippen LogP contribution in [0.15, 0.2) is 24.3 Å². The summed E-state index contributed by atoms with van der Waals surface area (Å²) >= 11 is 6.40. The lowest BCUT2D eigenvalue weighted by atomic mass is 10.3. The van der Waals surface area contributed by atoms with E-state index in [1.807, 2.05) is 10.2 Å². The molecule has 0 aromatic heterocycles. The van der Waals surface area contributed by atoms with Crippen molar-refractivity contribution in [3.63, 3.8) is 0 Å². The third-order valence-electron chi connectivity index (χ3n) is 3.42. The number of thioether (sulfide) groups is 1. The first-order valence-electron chi connectivity index (χ1n) is 7.88. The van der Waals surface area contributed by atoms with Crippen LogP contribution in [0, 0.1) is 5.82 Å². The summed E-state index contributed by atoms with van der Waals surface area (Å²) in [4.78, 5) is 36.9. The van der Waals surface area contributed by atoms with E-state index < -0.39 is 30.3 Å². The van der Waals surface area contributed by atoms with Crippen molar-refractivity contribution < 1.29 is 23.5 Å². The van der Waals surface area contributed by atoms with Gasteiger partial charge in [-0.3, -0.25) is 14.9 Å². The van der Waals surface area contributed by atoms with Crippen molar-refractivity contribution in [1.29, 1.82) is 0 Å². The number of amides is 3. The molecule has 3 amide bonds. The van der Waals surface area contributed by atoms with E-state index in [1.54, 1.807) is 0 Å². The van der Waals surface area contributed by atoms with Gasteiger partial charge in [0.2, 0.25) is 0 Å². The zero-order chi connectivity index (χ0) is 18.9. The fourth-order valence-electron chi connectivity index (χ4n) is 2.18. The van der Waals surface area contributed by atoms with E-state index in [9.17, 15) is 18.8 Å². The van der Waals surface area contributed by atoms with Crippen LogP contribution in [0.4, 0.5) is 14.9 Å². The van der Waals surface area contributed by atoms with Gasteiger partial charge in [-0.15, -0.1) is 0 Å². The number of urea groups is 1. The Morgan fingerprint density at radius 2 is 1.92 bits per heavy atom. The molecule has 26 heavy (non-hydrogen) atoms. The fourth-order valence-corrected chi connectivity index (χ4v) is 3.23. The molecule has 2 N–H and O–H groups in total. The van der Waals surface area contributed by atoms with Gasteiger partial charge in [0.25, 0.3) is 5.91 Å². The molecule has 1 fully saturated rings. The Balaban J connectivity index is 1.64. The van der Waals surface area contributed by atoms with Crippen molar-refractivity contribution >= 4 is 51.9 Å². The number of hydrogen-bond donors (Lipinski definition) is 2. The molecule has 1 aliphatic rings. The predicted octanol–water partition coefficient (Wildman–Crippen LogP) is 2.13. The van der Waals surface area contributed by atoms with E-state index in [-0.39, 0.29) is 11.4 Å². The van der Waals surface area contributed by atoms with Crippen LogP contribution in [0.25, 0.3) is 0 Å². The van der Waals surface area contributed by atoms with E-state index in [0.717, 1.165) is 25.9 Å². The van der Waals surface area contributed by atoms with Crippen LogP contribution < -0.4 is 10.6 Å². The van der Waals surface area contributed by atoms with Crippen molar-refractivity contribution in [2.24, 2.45) is 0 Å². The lowest BCUT2D eigenvalue weighted by Crippen LogP contribution is -2.37. The number of anilines is 1. The van der Waals surface area contributed by atoms with Crippen LogP contribution in [0.5, 0.6) is 0 Å². The van der Waals surface area contributed by atoms with Gasteiger partial charge < -0.3 is 15.0 Å². The number of nitrogens with one attached hydrogen (secondary N) is 2. The molecule has 1 heterocycles. The number of imide groups is 1. The summed E-state index contributed by atoms with van der Waals surface area (Å²) in [6.07, 6.45) is 2.17. The summed E-state index contributed by atoms with van der Waals surface area (Å²) in [7, 11) is 0. The van der Waals surface area contributed by atoms with Crippen LogP contribution in [-0.2, 0) is 14.3 Å². The maximum absolute atomic E-state index is 13.4. The van der Waals surface area contributed by atoms with Crippen LogP contribution in [0.1, 0.15) is 12.8 Å². The van der Waals surface area contributed by atoms with Gasteiger partial charge >= 0.3 is 12.0 Å². The molecule has 1 saturated heterocycles. The van der Waals surface area contributed by atoms with Gasteiger partial charge in [-0.05, 0) is 25.0 Å². The number of rotatable bonds is 5.